The van der Waals surface area contributed by atoms with Gasteiger partial charge in [0.05, 0.1) is 0 Å². The average Bonchev–Trinajstić information content (AvgIpc) is 2.32. The van der Waals surface area contributed by atoms with Gasteiger partial charge in [-0.15, -0.1) is 0 Å². The summed E-state index contributed by atoms with van der Waals surface area (Å²) in [5.74, 6) is 0. The summed E-state index contributed by atoms with van der Waals surface area (Å²) >= 11 is 0. The molecular weight excluding hydrogens is 196 g/mol. The smallest absolute Gasteiger partial charge is 0.0386 e. The van der Waals surface area contributed by atoms with E-state index in [2.05, 4.69) is 48.1 Å². The second kappa shape index (κ2) is 7.80. The first-order valence-electron chi connectivity index (χ1n) is 5.96. The van der Waals surface area contributed by atoms with Crippen LogP contribution >= 0.6 is 0 Å². The summed E-state index contributed by atoms with van der Waals surface area (Å²) in [4.78, 5) is 8.61. The van der Waals surface area contributed by atoms with E-state index < -0.39 is 0 Å². The first-order chi connectivity index (χ1) is 7.86. The van der Waals surface area contributed by atoms with Crippen LogP contribution in [0.25, 0.3) is 0 Å². The zero-order chi connectivity index (χ0) is 11.6. The maximum absolute atomic E-state index is 4.31. The molecule has 0 fully saturated rings. The molecule has 1 aromatic rings. The standard InChI is InChI=1S/C14H20N2/c1-3-9-15-11-13-5-7-14(8-6-13)12-16-10-4-2/h5-8,11-12H,3-4,9-10H2,1-2H3/b15-11-,16-12-. The second-order valence-electron chi connectivity index (χ2n) is 3.74. The summed E-state index contributed by atoms with van der Waals surface area (Å²) in [6.07, 6.45) is 6.05. The number of hydrogen-bond acceptors (Lipinski definition) is 2. The van der Waals surface area contributed by atoms with Crippen LogP contribution in [-0.2, 0) is 0 Å². The lowest BCUT2D eigenvalue weighted by molar-refractivity contribution is 0.936. The Hall–Kier alpha value is -1.44. The van der Waals surface area contributed by atoms with Gasteiger partial charge in [-0.2, -0.15) is 0 Å². The zero-order valence-electron chi connectivity index (χ0n) is 10.2. The van der Waals surface area contributed by atoms with Gasteiger partial charge >= 0.3 is 0 Å². The van der Waals surface area contributed by atoms with Crippen molar-refractivity contribution in [2.75, 3.05) is 13.1 Å². The van der Waals surface area contributed by atoms with Crippen LogP contribution in [0.15, 0.2) is 34.3 Å². The molecular formula is C14H20N2. The van der Waals surface area contributed by atoms with E-state index in [1.165, 1.54) is 0 Å². The molecule has 0 atom stereocenters. The number of benzene rings is 1. The molecule has 0 aliphatic carbocycles. The molecule has 1 aromatic carbocycles. The monoisotopic (exact) mass is 216 g/mol. The molecule has 0 aliphatic rings. The predicted octanol–water partition coefficient (Wildman–Crippen LogP) is 3.34. The lowest BCUT2D eigenvalue weighted by Gasteiger charge is -1.95. The minimum atomic E-state index is 0.902. The van der Waals surface area contributed by atoms with Gasteiger partial charge in [0.15, 0.2) is 0 Å². The SMILES string of the molecule is CCC/N=C\c1ccc(/C=N\CCC)cc1. The van der Waals surface area contributed by atoms with E-state index in [0.717, 1.165) is 37.1 Å². The number of hydrogen-bond donors (Lipinski definition) is 0. The van der Waals surface area contributed by atoms with Gasteiger partial charge in [0, 0.05) is 25.5 Å². The molecule has 0 saturated carbocycles. The van der Waals surface area contributed by atoms with Crippen molar-refractivity contribution >= 4 is 12.4 Å². The quantitative estimate of drug-likeness (QED) is 0.652. The van der Waals surface area contributed by atoms with Gasteiger partial charge in [0.1, 0.15) is 0 Å². The number of nitrogens with zero attached hydrogens (tertiary/aromatic N) is 2. The summed E-state index contributed by atoms with van der Waals surface area (Å²) in [6, 6.07) is 8.30. The maximum atomic E-state index is 4.31. The normalized spacial score (nSPS) is 11.6. The van der Waals surface area contributed by atoms with Crippen LogP contribution in [-0.4, -0.2) is 25.5 Å². The molecule has 0 unspecified atom stereocenters. The second-order valence-corrected chi connectivity index (χ2v) is 3.74. The summed E-state index contributed by atoms with van der Waals surface area (Å²) in [5, 5.41) is 0. The highest BCUT2D eigenvalue weighted by Crippen LogP contribution is 2.00. The Labute approximate surface area is 98.1 Å². The Morgan fingerprint density at radius 2 is 1.19 bits per heavy atom. The largest absolute Gasteiger partial charge is 0.293 e. The first kappa shape index (κ1) is 12.6. The van der Waals surface area contributed by atoms with Crippen molar-refractivity contribution in [3.63, 3.8) is 0 Å². The maximum Gasteiger partial charge on any atom is 0.0386 e. The van der Waals surface area contributed by atoms with E-state index in [0.29, 0.717) is 0 Å². The van der Waals surface area contributed by atoms with E-state index >= 15 is 0 Å². The summed E-state index contributed by atoms with van der Waals surface area (Å²) in [7, 11) is 0. The molecule has 0 N–H and O–H groups in total. The van der Waals surface area contributed by atoms with Crippen LogP contribution in [0.3, 0.4) is 0 Å². The average molecular weight is 216 g/mol. The van der Waals surface area contributed by atoms with E-state index in [1.807, 2.05) is 12.4 Å². The molecule has 1 rings (SSSR count). The van der Waals surface area contributed by atoms with Crippen molar-refractivity contribution in [1.29, 1.82) is 0 Å². The van der Waals surface area contributed by atoms with E-state index in [9.17, 15) is 0 Å². The highest BCUT2D eigenvalue weighted by molar-refractivity contribution is 5.84. The molecule has 0 aliphatic heterocycles. The zero-order valence-corrected chi connectivity index (χ0v) is 10.2. The molecule has 0 spiro atoms. The van der Waals surface area contributed by atoms with Crippen LogP contribution in [0, 0.1) is 0 Å². The van der Waals surface area contributed by atoms with Crippen LogP contribution in [0.2, 0.25) is 0 Å². The van der Waals surface area contributed by atoms with Crippen LogP contribution in [0.1, 0.15) is 37.8 Å². The fraction of sp³-hybridized carbons (Fsp3) is 0.429. The molecule has 0 saturated heterocycles. The van der Waals surface area contributed by atoms with Gasteiger partial charge in [-0.1, -0.05) is 38.1 Å². The minimum absolute atomic E-state index is 0.902. The van der Waals surface area contributed by atoms with Crippen molar-refractivity contribution in [3.05, 3.63) is 35.4 Å². The Bertz CT molecular complexity index is 301. The van der Waals surface area contributed by atoms with Gasteiger partial charge in [0.25, 0.3) is 0 Å². The topological polar surface area (TPSA) is 24.7 Å². The molecule has 2 nitrogen and oxygen atoms in total. The van der Waals surface area contributed by atoms with Gasteiger partial charge in [-0.25, -0.2) is 0 Å². The Balaban J connectivity index is 2.54. The van der Waals surface area contributed by atoms with Crippen LogP contribution in [0.4, 0.5) is 0 Å². The van der Waals surface area contributed by atoms with Crippen LogP contribution < -0.4 is 0 Å². The number of aliphatic imine (C=N–C) groups is 2. The van der Waals surface area contributed by atoms with Gasteiger partial charge in [-0.05, 0) is 24.0 Å². The van der Waals surface area contributed by atoms with Gasteiger partial charge in [-0.3, -0.25) is 9.98 Å². The Morgan fingerprint density at radius 1 is 0.812 bits per heavy atom. The summed E-state index contributed by atoms with van der Waals surface area (Å²) in [5.41, 5.74) is 2.31. The lowest BCUT2D eigenvalue weighted by Crippen LogP contribution is -1.87. The van der Waals surface area contributed by atoms with Crippen molar-refractivity contribution in [2.45, 2.75) is 26.7 Å². The lowest BCUT2D eigenvalue weighted by atomic mass is 10.1. The molecule has 0 radical (unpaired) electrons. The molecule has 16 heavy (non-hydrogen) atoms. The van der Waals surface area contributed by atoms with Crippen molar-refractivity contribution in [1.82, 2.24) is 0 Å². The van der Waals surface area contributed by atoms with Crippen molar-refractivity contribution in [2.24, 2.45) is 9.98 Å². The molecule has 0 heterocycles. The molecule has 86 valence electrons. The summed E-state index contributed by atoms with van der Waals surface area (Å²) in [6.45, 7) is 6.06. The Kier molecular flexibility index (Phi) is 6.16. The molecule has 2 heteroatoms. The third-order valence-corrected chi connectivity index (χ3v) is 2.12. The minimum Gasteiger partial charge on any atom is -0.293 e. The van der Waals surface area contributed by atoms with E-state index in [-0.39, 0.29) is 0 Å². The van der Waals surface area contributed by atoms with E-state index in [1.54, 1.807) is 0 Å². The first-order valence-corrected chi connectivity index (χ1v) is 5.96. The highest BCUT2D eigenvalue weighted by atomic mass is 14.7. The Morgan fingerprint density at radius 3 is 1.50 bits per heavy atom. The van der Waals surface area contributed by atoms with Crippen molar-refractivity contribution in [3.8, 4) is 0 Å². The van der Waals surface area contributed by atoms with Gasteiger partial charge < -0.3 is 0 Å². The molecule has 0 amide bonds. The number of rotatable bonds is 6. The van der Waals surface area contributed by atoms with Gasteiger partial charge in [0.2, 0.25) is 0 Å². The third kappa shape index (κ3) is 4.87. The van der Waals surface area contributed by atoms with Crippen molar-refractivity contribution < 1.29 is 0 Å². The van der Waals surface area contributed by atoms with E-state index in [4.69, 9.17) is 0 Å². The van der Waals surface area contributed by atoms with Crippen LogP contribution in [0.5, 0.6) is 0 Å². The molecule has 0 bridgehead atoms. The fourth-order valence-corrected chi connectivity index (χ4v) is 1.27. The fourth-order valence-electron chi connectivity index (χ4n) is 1.27. The molecule has 0 aromatic heterocycles. The highest BCUT2D eigenvalue weighted by Gasteiger charge is 1.89. The summed E-state index contributed by atoms with van der Waals surface area (Å²) < 4.78 is 0. The third-order valence-electron chi connectivity index (χ3n) is 2.12. The predicted molar refractivity (Wildman–Crippen MR) is 71.9 cm³/mol.